The zero-order chi connectivity index (χ0) is 18.9. The zero-order valence-electron chi connectivity index (χ0n) is 15.8. The maximum Gasteiger partial charge on any atom is 0.243 e. The van der Waals surface area contributed by atoms with Crippen LogP contribution in [0.1, 0.15) is 64.2 Å². The van der Waals surface area contributed by atoms with Crippen LogP contribution in [-0.2, 0) is 14.8 Å². The van der Waals surface area contributed by atoms with E-state index in [1.165, 1.54) is 6.42 Å². The van der Waals surface area contributed by atoms with Crippen LogP contribution >= 0.6 is 0 Å². The molecule has 2 atom stereocenters. The van der Waals surface area contributed by atoms with Gasteiger partial charge in [-0.3, -0.25) is 4.79 Å². The van der Waals surface area contributed by atoms with Crippen molar-refractivity contribution in [3.8, 4) is 0 Å². The average molecular weight is 391 g/mol. The number of carbonyl (C=O) groups excluding carboxylic acids is 1. The lowest BCUT2D eigenvalue weighted by molar-refractivity contribution is -0.127. The molecule has 2 heterocycles. The van der Waals surface area contributed by atoms with Crippen LogP contribution in [0.25, 0.3) is 0 Å². The summed E-state index contributed by atoms with van der Waals surface area (Å²) in [6.45, 7) is 0. The Labute approximate surface area is 162 Å². The molecular formula is C21H30N2O3S. The number of hydrogen-bond donors (Lipinski definition) is 1. The summed E-state index contributed by atoms with van der Waals surface area (Å²) in [6, 6.07) is 8.87. The van der Waals surface area contributed by atoms with Crippen molar-refractivity contribution in [2.45, 2.75) is 87.2 Å². The number of nitrogens with zero attached hydrogens (tertiary/aromatic N) is 1. The molecule has 0 radical (unpaired) electrons. The van der Waals surface area contributed by atoms with Gasteiger partial charge in [0.1, 0.15) is 0 Å². The molecule has 1 N–H and O–H groups in total. The van der Waals surface area contributed by atoms with Crippen LogP contribution in [0.3, 0.4) is 0 Å². The molecule has 2 aliphatic heterocycles. The SMILES string of the molecule is O=C(NC1C[C@H]2CCC[C@H](C1)N2S(=O)(=O)c1ccccc1)C1CCCCC1. The number of fused-ring (bicyclic) bond motifs is 2. The van der Waals surface area contributed by atoms with Gasteiger partial charge in [0, 0.05) is 24.0 Å². The molecule has 4 rings (SSSR count). The zero-order valence-corrected chi connectivity index (χ0v) is 16.7. The second-order valence-corrected chi connectivity index (χ2v) is 10.2. The van der Waals surface area contributed by atoms with Crippen molar-refractivity contribution in [3.05, 3.63) is 30.3 Å². The molecular weight excluding hydrogens is 360 g/mol. The number of carbonyl (C=O) groups is 1. The third-order valence-corrected chi connectivity index (χ3v) is 8.57. The predicted molar refractivity (Wildman–Crippen MR) is 105 cm³/mol. The molecule has 1 saturated carbocycles. The highest BCUT2D eigenvalue weighted by Gasteiger charge is 2.45. The summed E-state index contributed by atoms with van der Waals surface area (Å²) in [4.78, 5) is 13.0. The Kier molecular flexibility index (Phi) is 5.55. The van der Waals surface area contributed by atoms with E-state index < -0.39 is 10.0 Å². The van der Waals surface area contributed by atoms with Crippen molar-refractivity contribution in [1.82, 2.24) is 9.62 Å². The molecule has 1 aromatic rings. The van der Waals surface area contributed by atoms with Gasteiger partial charge >= 0.3 is 0 Å². The fourth-order valence-corrected chi connectivity index (χ4v) is 7.16. The standard InChI is InChI=1S/C21H30N2O3S/c24-21(16-8-3-1-4-9-16)22-17-14-18-10-7-11-19(15-17)23(18)27(25,26)20-12-5-2-6-13-20/h2,5-6,12-13,16-19H,1,3-4,7-11,14-15H2,(H,22,24)/t18-,19-/m1/s1. The molecule has 1 aromatic carbocycles. The molecule has 148 valence electrons. The summed E-state index contributed by atoms with van der Waals surface area (Å²) >= 11 is 0. The Balaban J connectivity index is 1.47. The Hall–Kier alpha value is -1.40. The van der Waals surface area contributed by atoms with E-state index in [1.807, 2.05) is 6.07 Å². The summed E-state index contributed by atoms with van der Waals surface area (Å²) < 4.78 is 28.2. The first-order valence-electron chi connectivity index (χ1n) is 10.4. The van der Waals surface area contributed by atoms with Gasteiger partial charge < -0.3 is 5.32 Å². The molecule has 0 spiro atoms. The molecule has 3 fully saturated rings. The summed E-state index contributed by atoms with van der Waals surface area (Å²) in [5.41, 5.74) is 0. The van der Waals surface area contributed by atoms with E-state index in [-0.39, 0.29) is 30.0 Å². The number of nitrogens with one attached hydrogen (secondary N) is 1. The minimum atomic E-state index is -3.47. The van der Waals surface area contributed by atoms with Gasteiger partial charge in [-0.05, 0) is 50.7 Å². The van der Waals surface area contributed by atoms with Gasteiger partial charge in [-0.1, -0.05) is 43.9 Å². The van der Waals surface area contributed by atoms with Crippen LogP contribution in [0.2, 0.25) is 0 Å². The van der Waals surface area contributed by atoms with Crippen molar-refractivity contribution in [2.24, 2.45) is 5.92 Å². The van der Waals surface area contributed by atoms with Gasteiger partial charge in [0.25, 0.3) is 0 Å². The normalized spacial score (nSPS) is 30.0. The van der Waals surface area contributed by atoms with Gasteiger partial charge in [-0.15, -0.1) is 0 Å². The van der Waals surface area contributed by atoms with Crippen LogP contribution in [-0.4, -0.2) is 36.8 Å². The van der Waals surface area contributed by atoms with Crippen molar-refractivity contribution in [1.29, 1.82) is 0 Å². The number of amides is 1. The highest BCUT2D eigenvalue weighted by Crippen LogP contribution is 2.38. The molecule has 5 nitrogen and oxygen atoms in total. The van der Waals surface area contributed by atoms with E-state index in [2.05, 4.69) is 5.32 Å². The largest absolute Gasteiger partial charge is 0.353 e. The van der Waals surface area contributed by atoms with Crippen molar-refractivity contribution < 1.29 is 13.2 Å². The first kappa shape index (κ1) is 18.9. The number of benzene rings is 1. The molecule has 6 heteroatoms. The van der Waals surface area contributed by atoms with Gasteiger partial charge in [-0.2, -0.15) is 4.31 Å². The number of sulfonamides is 1. The molecule has 27 heavy (non-hydrogen) atoms. The van der Waals surface area contributed by atoms with E-state index >= 15 is 0 Å². The Morgan fingerprint density at radius 1 is 0.889 bits per heavy atom. The van der Waals surface area contributed by atoms with Crippen molar-refractivity contribution in [2.75, 3.05) is 0 Å². The lowest BCUT2D eigenvalue weighted by Gasteiger charge is -2.48. The highest BCUT2D eigenvalue weighted by molar-refractivity contribution is 7.89. The first-order chi connectivity index (χ1) is 13.1. The van der Waals surface area contributed by atoms with E-state index in [0.29, 0.717) is 4.90 Å². The molecule has 0 aromatic heterocycles. The maximum absolute atomic E-state index is 13.2. The highest BCUT2D eigenvalue weighted by atomic mass is 32.2. The summed E-state index contributed by atoms with van der Waals surface area (Å²) in [7, 11) is -3.47. The van der Waals surface area contributed by atoms with Crippen LogP contribution in [0.4, 0.5) is 0 Å². The summed E-state index contributed by atoms with van der Waals surface area (Å²) in [5.74, 6) is 0.349. The first-order valence-corrected chi connectivity index (χ1v) is 11.9. The lowest BCUT2D eigenvalue weighted by Crippen LogP contribution is -2.59. The van der Waals surface area contributed by atoms with Crippen molar-refractivity contribution in [3.63, 3.8) is 0 Å². The smallest absolute Gasteiger partial charge is 0.243 e. The second-order valence-electron chi connectivity index (χ2n) is 8.40. The Morgan fingerprint density at radius 3 is 2.15 bits per heavy atom. The van der Waals surface area contributed by atoms with Crippen LogP contribution in [0, 0.1) is 5.92 Å². The van der Waals surface area contributed by atoms with E-state index in [0.717, 1.165) is 57.8 Å². The predicted octanol–water partition coefficient (Wildman–Crippen LogP) is 3.46. The van der Waals surface area contributed by atoms with E-state index in [1.54, 1.807) is 28.6 Å². The number of piperidine rings is 2. The molecule has 0 unspecified atom stereocenters. The molecule has 3 aliphatic rings. The van der Waals surface area contributed by atoms with E-state index in [4.69, 9.17) is 0 Å². The lowest BCUT2D eigenvalue weighted by atomic mass is 9.83. The average Bonchev–Trinajstić information content (AvgIpc) is 2.68. The monoisotopic (exact) mass is 390 g/mol. The second kappa shape index (κ2) is 7.92. The van der Waals surface area contributed by atoms with Crippen LogP contribution in [0.5, 0.6) is 0 Å². The van der Waals surface area contributed by atoms with Gasteiger partial charge in [0.05, 0.1) is 4.90 Å². The molecule has 2 bridgehead atoms. The van der Waals surface area contributed by atoms with Crippen LogP contribution < -0.4 is 5.32 Å². The third kappa shape index (κ3) is 3.92. The summed E-state index contributed by atoms with van der Waals surface area (Å²) in [5, 5.41) is 3.27. The fourth-order valence-electron chi connectivity index (χ4n) is 5.25. The number of rotatable bonds is 4. The van der Waals surface area contributed by atoms with Crippen LogP contribution in [0.15, 0.2) is 35.2 Å². The topological polar surface area (TPSA) is 66.5 Å². The summed E-state index contributed by atoms with van der Waals surface area (Å²) in [6.07, 6.45) is 9.86. The fraction of sp³-hybridized carbons (Fsp3) is 0.667. The van der Waals surface area contributed by atoms with Crippen molar-refractivity contribution >= 4 is 15.9 Å². The molecule has 1 amide bonds. The molecule has 2 saturated heterocycles. The number of hydrogen-bond acceptors (Lipinski definition) is 3. The van der Waals surface area contributed by atoms with Gasteiger partial charge in [-0.25, -0.2) is 8.42 Å². The minimum absolute atomic E-state index is 0.000591. The third-order valence-electron chi connectivity index (χ3n) is 6.55. The molecule has 1 aliphatic carbocycles. The Bertz CT molecular complexity index is 745. The maximum atomic E-state index is 13.2. The van der Waals surface area contributed by atoms with Gasteiger partial charge in [0.2, 0.25) is 15.9 Å². The van der Waals surface area contributed by atoms with E-state index in [9.17, 15) is 13.2 Å². The Morgan fingerprint density at radius 2 is 1.52 bits per heavy atom. The minimum Gasteiger partial charge on any atom is -0.353 e. The van der Waals surface area contributed by atoms with Gasteiger partial charge in [0.15, 0.2) is 0 Å². The quantitative estimate of drug-likeness (QED) is 0.856.